The Kier molecular flexibility index (Phi) is 5.89. The Morgan fingerprint density at radius 1 is 1.17 bits per heavy atom. The molecule has 18 heavy (non-hydrogen) atoms. The summed E-state index contributed by atoms with van der Waals surface area (Å²) in [5.41, 5.74) is 0. The fourth-order valence-corrected chi connectivity index (χ4v) is 2.90. The first kappa shape index (κ1) is 14.3. The lowest BCUT2D eigenvalue weighted by Crippen LogP contribution is -2.47. The topological polar surface area (TPSA) is 27.7 Å². The molecule has 2 fully saturated rings. The third-order valence-electron chi connectivity index (χ3n) is 4.46. The molecule has 106 valence electrons. The van der Waals surface area contributed by atoms with Crippen molar-refractivity contribution < 1.29 is 4.74 Å². The number of hydrogen-bond acceptors (Lipinski definition) is 4. The normalized spacial score (nSPS) is 26.3. The lowest BCUT2D eigenvalue weighted by atomic mass is 9.93. The van der Waals surface area contributed by atoms with Crippen molar-refractivity contribution in [3.8, 4) is 0 Å². The first-order valence-corrected chi connectivity index (χ1v) is 7.48. The second-order valence-electron chi connectivity index (χ2n) is 5.84. The Morgan fingerprint density at radius 2 is 1.83 bits per heavy atom. The van der Waals surface area contributed by atoms with E-state index in [1.807, 2.05) is 0 Å². The maximum absolute atomic E-state index is 5.42. The van der Waals surface area contributed by atoms with Gasteiger partial charge < -0.3 is 15.0 Å². The van der Waals surface area contributed by atoms with E-state index in [4.69, 9.17) is 4.74 Å². The van der Waals surface area contributed by atoms with Crippen molar-refractivity contribution in [2.75, 3.05) is 59.5 Å². The Balaban J connectivity index is 1.56. The van der Waals surface area contributed by atoms with Gasteiger partial charge in [0.25, 0.3) is 0 Å². The highest BCUT2D eigenvalue weighted by molar-refractivity contribution is 4.76. The molecule has 0 bridgehead atoms. The van der Waals surface area contributed by atoms with Crippen LogP contribution in [0.15, 0.2) is 0 Å². The molecule has 0 aromatic rings. The van der Waals surface area contributed by atoms with Gasteiger partial charge in [-0.25, -0.2) is 0 Å². The zero-order valence-corrected chi connectivity index (χ0v) is 12.0. The van der Waals surface area contributed by atoms with Crippen molar-refractivity contribution in [1.29, 1.82) is 0 Å². The molecule has 0 spiro atoms. The summed E-state index contributed by atoms with van der Waals surface area (Å²) in [6, 6.07) is 0.640. The van der Waals surface area contributed by atoms with Crippen LogP contribution in [0.4, 0.5) is 0 Å². The zero-order valence-electron chi connectivity index (χ0n) is 12.0. The monoisotopic (exact) mass is 255 g/mol. The van der Waals surface area contributed by atoms with Gasteiger partial charge in [0, 0.05) is 58.5 Å². The van der Waals surface area contributed by atoms with E-state index >= 15 is 0 Å². The Bertz CT molecular complexity index is 223. The largest absolute Gasteiger partial charge is 0.381 e. The molecule has 0 radical (unpaired) electrons. The molecule has 2 aliphatic heterocycles. The summed E-state index contributed by atoms with van der Waals surface area (Å²) in [5.74, 6) is 0.811. The van der Waals surface area contributed by atoms with Crippen molar-refractivity contribution >= 4 is 0 Å². The van der Waals surface area contributed by atoms with Crippen molar-refractivity contribution in [3.63, 3.8) is 0 Å². The highest BCUT2D eigenvalue weighted by atomic mass is 16.5. The summed E-state index contributed by atoms with van der Waals surface area (Å²) < 4.78 is 5.42. The Hall–Kier alpha value is -0.160. The van der Waals surface area contributed by atoms with Crippen LogP contribution in [-0.4, -0.2) is 75.4 Å². The van der Waals surface area contributed by atoms with Crippen molar-refractivity contribution in [3.05, 3.63) is 0 Å². The second kappa shape index (κ2) is 7.43. The van der Waals surface area contributed by atoms with Crippen molar-refractivity contribution in [2.45, 2.75) is 25.8 Å². The van der Waals surface area contributed by atoms with E-state index in [0.29, 0.717) is 6.04 Å². The van der Waals surface area contributed by atoms with E-state index < -0.39 is 0 Å². The molecule has 0 amide bonds. The number of ether oxygens (including phenoxy) is 1. The molecule has 1 N–H and O–H groups in total. The van der Waals surface area contributed by atoms with Gasteiger partial charge in [-0.05, 0) is 32.7 Å². The summed E-state index contributed by atoms with van der Waals surface area (Å²) in [6.07, 6.45) is 2.45. The van der Waals surface area contributed by atoms with Gasteiger partial charge in [0.15, 0.2) is 0 Å². The Morgan fingerprint density at radius 3 is 2.50 bits per heavy atom. The fourth-order valence-electron chi connectivity index (χ4n) is 2.90. The molecule has 2 saturated heterocycles. The highest BCUT2D eigenvalue weighted by Gasteiger charge is 2.20. The van der Waals surface area contributed by atoms with Crippen LogP contribution >= 0.6 is 0 Å². The predicted molar refractivity (Wildman–Crippen MR) is 74.9 cm³/mol. The van der Waals surface area contributed by atoms with Crippen LogP contribution in [0.25, 0.3) is 0 Å². The first-order chi connectivity index (χ1) is 8.75. The maximum atomic E-state index is 5.42. The lowest BCUT2D eigenvalue weighted by molar-refractivity contribution is 0.0553. The van der Waals surface area contributed by atoms with Gasteiger partial charge in [0.2, 0.25) is 0 Å². The van der Waals surface area contributed by atoms with Gasteiger partial charge in [0.1, 0.15) is 0 Å². The highest BCUT2D eigenvalue weighted by Crippen LogP contribution is 2.18. The van der Waals surface area contributed by atoms with Crippen LogP contribution in [0.2, 0.25) is 0 Å². The molecule has 2 aliphatic rings. The van der Waals surface area contributed by atoms with E-state index in [-0.39, 0.29) is 0 Å². The lowest BCUT2D eigenvalue weighted by Gasteiger charge is -2.33. The maximum Gasteiger partial charge on any atom is 0.0469 e. The molecule has 0 aliphatic carbocycles. The number of piperazine rings is 1. The van der Waals surface area contributed by atoms with Crippen LogP contribution in [0.3, 0.4) is 0 Å². The van der Waals surface area contributed by atoms with E-state index in [9.17, 15) is 0 Å². The van der Waals surface area contributed by atoms with Gasteiger partial charge in [0.05, 0.1) is 0 Å². The van der Waals surface area contributed by atoms with Crippen LogP contribution in [-0.2, 0) is 4.74 Å². The minimum atomic E-state index is 0.640. The minimum Gasteiger partial charge on any atom is -0.381 e. The van der Waals surface area contributed by atoms with Crippen molar-refractivity contribution in [2.24, 2.45) is 5.92 Å². The third kappa shape index (κ3) is 4.50. The molecule has 2 heterocycles. The SMILES string of the molecule is CC(NCCN1CCN(C)CC1)C1CCOCC1. The van der Waals surface area contributed by atoms with Gasteiger partial charge >= 0.3 is 0 Å². The first-order valence-electron chi connectivity index (χ1n) is 7.48. The summed E-state index contributed by atoms with van der Waals surface area (Å²) >= 11 is 0. The Labute approximate surface area is 112 Å². The van der Waals surface area contributed by atoms with E-state index in [0.717, 1.165) is 25.7 Å². The molecule has 4 heteroatoms. The smallest absolute Gasteiger partial charge is 0.0469 e. The average Bonchev–Trinajstić information content (AvgIpc) is 2.42. The molecule has 1 unspecified atom stereocenters. The summed E-state index contributed by atoms with van der Waals surface area (Å²) in [4.78, 5) is 4.98. The minimum absolute atomic E-state index is 0.640. The van der Waals surface area contributed by atoms with E-state index in [2.05, 4.69) is 29.1 Å². The van der Waals surface area contributed by atoms with Crippen LogP contribution in [0, 0.1) is 5.92 Å². The summed E-state index contributed by atoms with van der Waals surface area (Å²) in [6.45, 7) is 11.5. The number of nitrogens with zero attached hydrogens (tertiary/aromatic N) is 2. The third-order valence-corrected chi connectivity index (χ3v) is 4.46. The van der Waals surface area contributed by atoms with E-state index in [1.165, 1.54) is 45.6 Å². The van der Waals surface area contributed by atoms with Gasteiger partial charge in [-0.1, -0.05) is 0 Å². The number of nitrogens with one attached hydrogen (secondary N) is 1. The molecular weight excluding hydrogens is 226 g/mol. The molecule has 0 aromatic heterocycles. The van der Waals surface area contributed by atoms with E-state index in [1.54, 1.807) is 0 Å². The molecule has 1 atom stereocenters. The standard InChI is InChI=1S/C14H29N3O/c1-13(14-3-11-18-12-4-14)15-5-6-17-9-7-16(2)8-10-17/h13-15H,3-12H2,1-2H3. The van der Waals surface area contributed by atoms with Gasteiger partial charge in [-0.3, -0.25) is 4.90 Å². The summed E-state index contributed by atoms with van der Waals surface area (Å²) in [5, 5.41) is 3.70. The zero-order chi connectivity index (χ0) is 12.8. The summed E-state index contributed by atoms with van der Waals surface area (Å²) in [7, 11) is 2.21. The molecule has 0 saturated carbocycles. The number of rotatable bonds is 5. The van der Waals surface area contributed by atoms with Crippen LogP contribution in [0.1, 0.15) is 19.8 Å². The predicted octanol–water partition coefficient (Wildman–Crippen LogP) is 0.639. The average molecular weight is 255 g/mol. The molecule has 4 nitrogen and oxygen atoms in total. The van der Waals surface area contributed by atoms with Gasteiger partial charge in [-0.2, -0.15) is 0 Å². The van der Waals surface area contributed by atoms with Crippen molar-refractivity contribution in [1.82, 2.24) is 15.1 Å². The fraction of sp³-hybridized carbons (Fsp3) is 1.00. The molecule has 2 rings (SSSR count). The number of hydrogen-bond donors (Lipinski definition) is 1. The number of likely N-dealkylation sites (N-methyl/N-ethyl adjacent to an activating group) is 1. The van der Waals surface area contributed by atoms with Crippen LogP contribution in [0.5, 0.6) is 0 Å². The quantitative estimate of drug-likeness (QED) is 0.780. The molecular formula is C14H29N3O. The van der Waals surface area contributed by atoms with Crippen LogP contribution < -0.4 is 5.32 Å². The van der Waals surface area contributed by atoms with Gasteiger partial charge in [-0.15, -0.1) is 0 Å². The second-order valence-corrected chi connectivity index (χ2v) is 5.84. The molecule has 0 aromatic carbocycles.